The Kier molecular flexibility index (Phi) is 4.38. The summed E-state index contributed by atoms with van der Waals surface area (Å²) >= 11 is 6.18. The number of allylic oxidation sites excluding steroid dienone is 1. The molecule has 0 saturated heterocycles. The molecule has 7 heteroatoms. The summed E-state index contributed by atoms with van der Waals surface area (Å²) in [6, 6.07) is 11.4. The van der Waals surface area contributed by atoms with Crippen LogP contribution < -0.4 is 10.6 Å². The average molecular weight is 398 g/mol. The highest BCUT2D eigenvalue weighted by atomic mass is 35.5. The van der Waals surface area contributed by atoms with Crippen LogP contribution in [0.15, 0.2) is 53.7 Å². The van der Waals surface area contributed by atoms with Crippen molar-refractivity contribution in [2.45, 2.75) is 32.7 Å². The van der Waals surface area contributed by atoms with Crippen LogP contribution in [0.1, 0.15) is 38.3 Å². The molecule has 2 aromatic rings. The van der Waals surface area contributed by atoms with Crippen molar-refractivity contribution in [2.75, 3.05) is 10.6 Å². The minimum Gasteiger partial charge on any atom is -0.372 e. The number of fused-ring (bicyclic) bond motifs is 1. The number of carbonyl (C=O) groups excluding carboxylic acids is 1. The Morgan fingerprint density at radius 2 is 1.93 bits per heavy atom. The molecule has 2 N–H and O–H groups in total. The Hall–Kier alpha value is -2.86. The first-order chi connectivity index (χ1) is 13.2. The highest BCUT2D eigenvalue weighted by Crippen LogP contribution is 2.46. The first-order valence-corrected chi connectivity index (χ1v) is 9.45. The SMILES string of the molecule is CC1(C)CC(=O)C2=C(C1)Nc1ccc(Cl)cc1N[C@H]2c1cccc([N+](=O)[O-])c1. The second kappa shape index (κ2) is 6.63. The van der Waals surface area contributed by atoms with E-state index in [1.807, 2.05) is 6.07 Å². The van der Waals surface area contributed by atoms with Crippen LogP contribution in [-0.4, -0.2) is 10.7 Å². The van der Waals surface area contributed by atoms with Crippen LogP contribution in [0.2, 0.25) is 5.02 Å². The van der Waals surface area contributed by atoms with Crippen LogP contribution in [0.5, 0.6) is 0 Å². The number of nitrogens with one attached hydrogen (secondary N) is 2. The van der Waals surface area contributed by atoms with Crippen LogP contribution in [0.4, 0.5) is 17.1 Å². The van der Waals surface area contributed by atoms with Crippen molar-refractivity contribution in [3.05, 3.63) is 74.4 Å². The maximum Gasteiger partial charge on any atom is 0.269 e. The van der Waals surface area contributed by atoms with Gasteiger partial charge in [0.1, 0.15) is 0 Å². The highest BCUT2D eigenvalue weighted by Gasteiger charge is 2.39. The van der Waals surface area contributed by atoms with E-state index in [9.17, 15) is 14.9 Å². The number of ketones is 1. The highest BCUT2D eigenvalue weighted by molar-refractivity contribution is 6.31. The smallest absolute Gasteiger partial charge is 0.269 e. The standard InChI is InChI=1S/C21H20ClN3O3/c1-21(2)10-17-19(18(26)11-21)20(12-4-3-5-14(8-12)25(27)28)24-16-9-13(22)6-7-15(16)23-17/h3-9,20,23-24H,10-11H2,1-2H3/t20-/m0/s1. The lowest BCUT2D eigenvalue weighted by Crippen LogP contribution is -2.31. The molecule has 144 valence electrons. The van der Waals surface area contributed by atoms with E-state index in [4.69, 9.17) is 11.6 Å². The first-order valence-electron chi connectivity index (χ1n) is 9.07. The summed E-state index contributed by atoms with van der Waals surface area (Å²) in [7, 11) is 0. The molecule has 0 aromatic heterocycles. The Morgan fingerprint density at radius 1 is 1.14 bits per heavy atom. The molecule has 28 heavy (non-hydrogen) atoms. The number of non-ortho nitro benzene ring substituents is 1. The molecule has 1 aliphatic carbocycles. The molecular weight excluding hydrogens is 378 g/mol. The van der Waals surface area contributed by atoms with Gasteiger partial charge >= 0.3 is 0 Å². The fourth-order valence-electron chi connectivity index (χ4n) is 3.98. The molecule has 0 spiro atoms. The molecule has 0 unspecified atom stereocenters. The Balaban J connectivity index is 1.90. The number of nitrogens with zero attached hydrogens (tertiary/aromatic N) is 1. The van der Waals surface area contributed by atoms with Gasteiger partial charge in [-0.2, -0.15) is 0 Å². The Bertz CT molecular complexity index is 1030. The van der Waals surface area contributed by atoms with Crippen molar-refractivity contribution >= 4 is 34.4 Å². The maximum atomic E-state index is 13.1. The van der Waals surface area contributed by atoms with Crippen molar-refractivity contribution in [1.29, 1.82) is 0 Å². The molecule has 1 aliphatic heterocycles. The summed E-state index contributed by atoms with van der Waals surface area (Å²) < 4.78 is 0. The van der Waals surface area contributed by atoms with Crippen LogP contribution >= 0.6 is 11.6 Å². The van der Waals surface area contributed by atoms with Crippen molar-refractivity contribution in [3.63, 3.8) is 0 Å². The number of hydrogen-bond donors (Lipinski definition) is 2. The van der Waals surface area contributed by atoms with E-state index in [1.54, 1.807) is 24.3 Å². The minimum atomic E-state index is -0.495. The van der Waals surface area contributed by atoms with Gasteiger partial charge in [0.15, 0.2) is 5.78 Å². The zero-order valence-electron chi connectivity index (χ0n) is 15.6. The van der Waals surface area contributed by atoms with Crippen molar-refractivity contribution < 1.29 is 9.72 Å². The van der Waals surface area contributed by atoms with Crippen LogP contribution in [0.25, 0.3) is 0 Å². The van der Waals surface area contributed by atoms with E-state index in [-0.39, 0.29) is 16.9 Å². The number of nitro benzene ring substituents is 1. The number of halogens is 1. The third-order valence-electron chi connectivity index (χ3n) is 5.19. The molecule has 2 aliphatic rings. The molecular formula is C21H20ClN3O3. The van der Waals surface area contributed by atoms with E-state index in [0.717, 1.165) is 17.1 Å². The maximum absolute atomic E-state index is 13.1. The Morgan fingerprint density at radius 3 is 2.68 bits per heavy atom. The minimum absolute atomic E-state index is 0.00596. The third kappa shape index (κ3) is 3.36. The number of carbonyl (C=O) groups is 1. The summed E-state index contributed by atoms with van der Waals surface area (Å²) in [6.07, 6.45) is 1.14. The van der Waals surface area contributed by atoms with Crippen LogP contribution in [0, 0.1) is 15.5 Å². The summed E-state index contributed by atoms with van der Waals surface area (Å²) in [5.41, 5.74) is 3.57. The van der Waals surface area contributed by atoms with Gasteiger partial charge in [0, 0.05) is 34.8 Å². The second-order valence-electron chi connectivity index (χ2n) is 8.08. The lowest BCUT2D eigenvalue weighted by molar-refractivity contribution is -0.384. The number of anilines is 2. The van der Waals surface area contributed by atoms with Crippen molar-refractivity contribution in [3.8, 4) is 0 Å². The Labute approximate surface area is 167 Å². The quantitative estimate of drug-likeness (QED) is 0.518. The van der Waals surface area contributed by atoms with E-state index in [2.05, 4.69) is 24.5 Å². The molecule has 4 rings (SSSR count). The van der Waals surface area contributed by atoms with Crippen molar-refractivity contribution in [1.82, 2.24) is 0 Å². The number of benzene rings is 2. The third-order valence-corrected chi connectivity index (χ3v) is 5.43. The van der Waals surface area contributed by atoms with Gasteiger partial charge in [-0.1, -0.05) is 37.6 Å². The van der Waals surface area contributed by atoms with Gasteiger partial charge in [-0.05, 0) is 35.6 Å². The molecule has 6 nitrogen and oxygen atoms in total. The van der Waals surface area contributed by atoms with Crippen molar-refractivity contribution in [2.24, 2.45) is 5.41 Å². The van der Waals surface area contributed by atoms with E-state index in [1.165, 1.54) is 12.1 Å². The zero-order chi connectivity index (χ0) is 20.1. The monoisotopic (exact) mass is 397 g/mol. The number of rotatable bonds is 2. The normalized spacial score (nSPS) is 20.4. The first kappa shape index (κ1) is 18.5. The summed E-state index contributed by atoms with van der Waals surface area (Å²) in [4.78, 5) is 23.9. The van der Waals surface area contributed by atoms with Gasteiger partial charge in [0.25, 0.3) is 5.69 Å². The number of nitro groups is 1. The second-order valence-corrected chi connectivity index (χ2v) is 8.51. The lowest BCUT2D eigenvalue weighted by Gasteiger charge is -2.34. The molecule has 0 fully saturated rings. The van der Waals surface area contributed by atoms with Gasteiger partial charge in [-0.3, -0.25) is 14.9 Å². The average Bonchev–Trinajstić information content (AvgIpc) is 2.77. The molecule has 0 bridgehead atoms. The van der Waals surface area contributed by atoms with Crippen LogP contribution in [-0.2, 0) is 4.79 Å². The topological polar surface area (TPSA) is 84.3 Å². The van der Waals surface area contributed by atoms with E-state index >= 15 is 0 Å². The van der Waals surface area contributed by atoms with Gasteiger partial charge in [-0.15, -0.1) is 0 Å². The number of hydrogen-bond acceptors (Lipinski definition) is 5. The molecule has 0 saturated carbocycles. The predicted molar refractivity (Wildman–Crippen MR) is 110 cm³/mol. The van der Waals surface area contributed by atoms with E-state index < -0.39 is 11.0 Å². The summed E-state index contributed by atoms with van der Waals surface area (Å²) in [5, 5.41) is 18.6. The summed E-state index contributed by atoms with van der Waals surface area (Å²) in [6.45, 7) is 4.14. The fourth-order valence-corrected chi connectivity index (χ4v) is 4.16. The summed E-state index contributed by atoms with van der Waals surface area (Å²) in [5.74, 6) is 0.0432. The molecule has 0 amide bonds. The fraction of sp³-hybridized carbons (Fsp3) is 0.286. The van der Waals surface area contributed by atoms with E-state index in [0.29, 0.717) is 29.0 Å². The van der Waals surface area contributed by atoms with Gasteiger partial charge < -0.3 is 10.6 Å². The molecule has 0 radical (unpaired) electrons. The largest absolute Gasteiger partial charge is 0.372 e. The van der Waals surface area contributed by atoms with Gasteiger partial charge in [0.05, 0.1) is 22.3 Å². The van der Waals surface area contributed by atoms with Crippen LogP contribution in [0.3, 0.4) is 0 Å². The lowest BCUT2D eigenvalue weighted by atomic mass is 9.73. The van der Waals surface area contributed by atoms with Gasteiger partial charge in [0.2, 0.25) is 0 Å². The predicted octanol–water partition coefficient (Wildman–Crippen LogP) is 5.47. The molecule has 1 atom stereocenters. The zero-order valence-corrected chi connectivity index (χ0v) is 16.3. The molecule has 1 heterocycles. The molecule has 2 aromatic carbocycles. The van der Waals surface area contributed by atoms with Gasteiger partial charge in [-0.25, -0.2) is 0 Å². The number of Topliss-reactive ketones (excluding diaryl/α,β-unsaturated/α-hetero) is 1.